The van der Waals surface area contributed by atoms with E-state index in [-0.39, 0.29) is 23.2 Å². The summed E-state index contributed by atoms with van der Waals surface area (Å²) >= 11 is 0. The van der Waals surface area contributed by atoms with Crippen LogP contribution in [0.3, 0.4) is 0 Å². The lowest BCUT2D eigenvalue weighted by Crippen LogP contribution is -2.45. The first kappa shape index (κ1) is 23.4. The minimum absolute atomic E-state index is 0.108. The molecule has 0 aromatic heterocycles. The third-order valence-corrected chi connectivity index (χ3v) is 7.12. The van der Waals surface area contributed by atoms with Crippen molar-refractivity contribution in [2.45, 2.75) is 52.1 Å². The van der Waals surface area contributed by atoms with E-state index in [4.69, 9.17) is 5.11 Å². The van der Waals surface area contributed by atoms with Crippen molar-refractivity contribution >= 4 is 11.9 Å². The Morgan fingerprint density at radius 3 is 2.42 bits per heavy atom. The number of carbonyl (C=O) groups excluding carboxylic acids is 1. The molecule has 0 radical (unpaired) electrons. The van der Waals surface area contributed by atoms with Crippen molar-refractivity contribution in [2.75, 3.05) is 19.6 Å². The van der Waals surface area contributed by atoms with Gasteiger partial charge in [0.25, 0.3) is 0 Å². The molecule has 6 heteroatoms. The molecule has 1 spiro atoms. The summed E-state index contributed by atoms with van der Waals surface area (Å²) in [6.07, 6.45) is 3.18. The molecule has 2 heterocycles. The summed E-state index contributed by atoms with van der Waals surface area (Å²) in [5, 5.41) is 9.08. The van der Waals surface area contributed by atoms with E-state index in [0.29, 0.717) is 17.9 Å². The van der Waals surface area contributed by atoms with Crippen LogP contribution >= 0.6 is 0 Å². The highest BCUT2D eigenvalue weighted by molar-refractivity contribution is 5.87. The Bertz CT molecular complexity index is 997. The van der Waals surface area contributed by atoms with E-state index in [1.807, 2.05) is 18.2 Å². The number of piperidine rings is 1. The normalized spacial score (nSPS) is 20.7. The smallest absolute Gasteiger partial charge is 0.335 e. The number of carboxylic acid groups (broad SMARTS) is 1. The van der Waals surface area contributed by atoms with Crippen LogP contribution in [0.4, 0.5) is 4.39 Å². The molecule has 2 aliphatic rings. The van der Waals surface area contributed by atoms with Crippen molar-refractivity contribution < 1.29 is 19.1 Å². The maximum absolute atomic E-state index is 13.7. The molecule has 4 rings (SSSR count). The van der Waals surface area contributed by atoms with Gasteiger partial charge in [0.1, 0.15) is 5.82 Å². The van der Waals surface area contributed by atoms with Gasteiger partial charge in [-0.25, -0.2) is 9.18 Å². The first-order valence-electron chi connectivity index (χ1n) is 11.9. The lowest BCUT2D eigenvalue weighted by Gasteiger charge is -2.38. The number of nitrogens with zero attached hydrogens (tertiary/aromatic N) is 2. The van der Waals surface area contributed by atoms with Gasteiger partial charge >= 0.3 is 5.97 Å². The Kier molecular flexibility index (Phi) is 6.84. The Morgan fingerprint density at radius 2 is 1.82 bits per heavy atom. The zero-order valence-corrected chi connectivity index (χ0v) is 19.5. The number of hydrogen-bond acceptors (Lipinski definition) is 3. The second-order valence-electron chi connectivity index (χ2n) is 10.1. The molecule has 0 bridgehead atoms. The highest BCUT2D eigenvalue weighted by atomic mass is 19.1. The number of likely N-dealkylation sites (tertiary alicyclic amines) is 2. The highest BCUT2D eigenvalue weighted by Crippen LogP contribution is 2.45. The first-order valence-corrected chi connectivity index (χ1v) is 11.9. The maximum atomic E-state index is 13.7. The molecule has 5 nitrogen and oxygen atoms in total. The minimum atomic E-state index is -0.917. The van der Waals surface area contributed by atoms with Gasteiger partial charge in [-0.05, 0) is 80.1 Å². The predicted molar refractivity (Wildman–Crippen MR) is 125 cm³/mol. The molecule has 0 aliphatic carbocycles. The number of rotatable bonds is 7. The van der Waals surface area contributed by atoms with E-state index < -0.39 is 5.97 Å². The Balaban J connectivity index is 1.43. The molecule has 33 heavy (non-hydrogen) atoms. The van der Waals surface area contributed by atoms with Crippen LogP contribution in [0.15, 0.2) is 48.5 Å². The van der Waals surface area contributed by atoms with E-state index in [1.165, 1.54) is 6.07 Å². The van der Waals surface area contributed by atoms with Gasteiger partial charge in [0.05, 0.1) is 11.0 Å². The molecule has 2 saturated heterocycles. The number of aromatic carboxylic acids is 1. The van der Waals surface area contributed by atoms with Crippen LogP contribution < -0.4 is 0 Å². The largest absolute Gasteiger partial charge is 0.478 e. The van der Waals surface area contributed by atoms with Crippen LogP contribution in [-0.4, -0.2) is 52.5 Å². The molecule has 1 amide bonds. The Hall–Kier alpha value is -2.73. The molecule has 0 saturated carbocycles. The quantitative estimate of drug-likeness (QED) is 0.667. The Morgan fingerprint density at radius 1 is 1.12 bits per heavy atom. The fourth-order valence-electron chi connectivity index (χ4n) is 5.43. The van der Waals surface area contributed by atoms with Crippen molar-refractivity contribution in [3.05, 3.63) is 71.0 Å². The molecule has 1 unspecified atom stereocenters. The van der Waals surface area contributed by atoms with E-state index in [1.54, 1.807) is 24.3 Å². The average molecular weight is 453 g/mol. The van der Waals surface area contributed by atoms with Crippen LogP contribution in [-0.2, 0) is 17.8 Å². The Labute approximate surface area is 195 Å². The number of halogens is 1. The standard InChI is InChI=1S/C27H33FN2O3/c1-19(2)17-30-24(15-21-4-3-5-23(28)14-21)16-27(26(30)33)10-12-29(13-11-27)18-20-6-8-22(9-7-20)25(31)32/h3-9,14,19,24H,10-13,15-18H2,1-2H3,(H,31,32). The molecular weight excluding hydrogens is 419 g/mol. The van der Waals surface area contributed by atoms with Gasteiger partial charge < -0.3 is 10.0 Å². The van der Waals surface area contributed by atoms with E-state index in [2.05, 4.69) is 23.6 Å². The summed E-state index contributed by atoms with van der Waals surface area (Å²) < 4.78 is 13.7. The fourth-order valence-corrected chi connectivity index (χ4v) is 5.43. The third kappa shape index (κ3) is 5.27. The predicted octanol–water partition coefficient (Wildman–Crippen LogP) is 4.61. The van der Waals surface area contributed by atoms with Crippen molar-refractivity contribution in [1.82, 2.24) is 9.80 Å². The van der Waals surface area contributed by atoms with E-state index in [0.717, 1.165) is 56.6 Å². The van der Waals surface area contributed by atoms with Crippen molar-refractivity contribution in [1.29, 1.82) is 0 Å². The molecule has 176 valence electrons. The van der Waals surface area contributed by atoms with Gasteiger partial charge in [0.2, 0.25) is 5.91 Å². The number of carbonyl (C=O) groups is 2. The lowest BCUT2D eigenvalue weighted by atomic mass is 9.75. The lowest BCUT2D eigenvalue weighted by molar-refractivity contribution is -0.139. The summed E-state index contributed by atoms with van der Waals surface area (Å²) in [7, 11) is 0. The zero-order valence-electron chi connectivity index (χ0n) is 19.5. The molecule has 2 aromatic rings. The summed E-state index contributed by atoms with van der Waals surface area (Å²) in [6.45, 7) is 7.45. The summed E-state index contributed by atoms with van der Waals surface area (Å²) in [4.78, 5) is 29.1. The van der Waals surface area contributed by atoms with Crippen LogP contribution in [0.25, 0.3) is 0 Å². The molecular formula is C27H33FN2O3. The second kappa shape index (κ2) is 9.64. The topological polar surface area (TPSA) is 60.9 Å². The van der Waals surface area contributed by atoms with Gasteiger partial charge in [0, 0.05) is 19.1 Å². The van der Waals surface area contributed by atoms with Crippen molar-refractivity contribution in [2.24, 2.45) is 11.3 Å². The van der Waals surface area contributed by atoms with Gasteiger partial charge in [-0.3, -0.25) is 9.69 Å². The SMILES string of the molecule is CC(C)CN1C(=O)C2(CCN(Cc3ccc(C(=O)O)cc3)CC2)CC1Cc1cccc(F)c1. The summed E-state index contributed by atoms with van der Waals surface area (Å²) in [5.74, 6) is -0.498. The van der Waals surface area contributed by atoms with Crippen LogP contribution in [0.1, 0.15) is 54.6 Å². The third-order valence-electron chi connectivity index (χ3n) is 7.12. The van der Waals surface area contributed by atoms with Crippen LogP contribution in [0.5, 0.6) is 0 Å². The monoisotopic (exact) mass is 452 g/mol. The van der Waals surface area contributed by atoms with Crippen LogP contribution in [0.2, 0.25) is 0 Å². The molecule has 2 aromatic carbocycles. The van der Waals surface area contributed by atoms with Gasteiger partial charge in [0.15, 0.2) is 0 Å². The summed E-state index contributed by atoms with van der Waals surface area (Å²) in [5.41, 5.74) is 2.00. The van der Waals surface area contributed by atoms with Crippen molar-refractivity contribution in [3.63, 3.8) is 0 Å². The van der Waals surface area contributed by atoms with Crippen molar-refractivity contribution in [3.8, 4) is 0 Å². The average Bonchev–Trinajstić information content (AvgIpc) is 3.01. The van der Waals surface area contributed by atoms with E-state index in [9.17, 15) is 14.0 Å². The number of carboxylic acids is 1. The van der Waals surface area contributed by atoms with Gasteiger partial charge in [-0.1, -0.05) is 38.1 Å². The number of amides is 1. The molecule has 1 atom stereocenters. The number of benzene rings is 2. The molecule has 1 N–H and O–H groups in total. The summed E-state index contributed by atoms with van der Waals surface area (Å²) in [6, 6.07) is 13.9. The molecule has 2 fully saturated rings. The number of hydrogen-bond donors (Lipinski definition) is 1. The van der Waals surface area contributed by atoms with Gasteiger partial charge in [-0.15, -0.1) is 0 Å². The fraction of sp³-hybridized carbons (Fsp3) is 0.481. The second-order valence-corrected chi connectivity index (χ2v) is 10.1. The van der Waals surface area contributed by atoms with Crippen LogP contribution in [0, 0.1) is 17.2 Å². The highest BCUT2D eigenvalue weighted by Gasteiger charge is 2.52. The molecule has 2 aliphatic heterocycles. The maximum Gasteiger partial charge on any atom is 0.335 e. The van der Waals surface area contributed by atoms with Gasteiger partial charge in [-0.2, -0.15) is 0 Å². The van der Waals surface area contributed by atoms with E-state index >= 15 is 0 Å². The first-order chi connectivity index (χ1) is 15.8. The minimum Gasteiger partial charge on any atom is -0.478 e. The zero-order chi connectivity index (χ0) is 23.6.